The smallest absolute Gasteiger partial charge is 0.0371 e. The topological polar surface area (TPSA) is 24.1 Å². The minimum Gasteiger partial charge on any atom is -0.387 e. The van der Waals surface area contributed by atoms with E-state index >= 15 is 0 Å². The Morgan fingerprint density at radius 1 is 1.40 bits per heavy atom. The van der Waals surface area contributed by atoms with Crippen LogP contribution in [0.3, 0.4) is 0 Å². The number of rotatable bonds is 0. The van der Waals surface area contributed by atoms with E-state index in [4.69, 9.17) is 0 Å². The Balaban J connectivity index is 2.57. The standard InChI is InChI=1S/C8H14N2/c1-7-6-9-4-3-5-10-8(7)2/h3-4,9-10H,5-6H2,1-2H3/b4-3-,8-7-. The maximum Gasteiger partial charge on any atom is 0.0371 e. The summed E-state index contributed by atoms with van der Waals surface area (Å²) in [5.41, 5.74) is 2.67. The molecule has 0 aliphatic carbocycles. The van der Waals surface area contributed by atoms with E-state index < -0.39 is 0 Å². The summed E-state index contributed by atoms with van der Waals surface area (Å²) in [6.07, 6.45) is 4.07. The second kappa shape index (κ2) is 3.30. The summed E-state index contributed by atoms with van der Waals surface area (Å²) in [5, 5.41) is 6.48. The van der Waals surface area contributed by atoms with E-state index in [-0.39, 0.29) is 0 Å². The van der Waals surface area contributed by atoms with Crippen molar-refractivity contribution in [3.8, 4) is 0 Å². The highest BCUT2D eigenvalue weighted by Crippen LogP contribution is 1.98. The summed E-state index contributed by atoms with van der Waals surface area (Å²) in [5.74, 6) is 0. The molecule has 2 heteroatoms. The van der Waals surface area contributed by atoms with E-state index in [0.29, 0.717) is 0 Å². The lowest BCUT2D eigenvalue weighted by molar-refractivity contribution is 0.814. The first kappa shape index (κ1) is 7.19. The number of nitrogens with one attached hydrogen (secondary N) is 2. The van der Waals surface area contributed by atoms with Gasteiger partial charge in [0.15, 0.2) is 0 Å². The van der Waals surface area contributed by atoms with Crippen molar-refractivity contribution in [1.82, 2.24) is 10.6 Å². The molecule has 0 spiro atoms. The van der Waals surface area contributed by atoms with E-state index in [1.165, 1.54) is 11.3 Å². The van der Waals surface area contributed by atoms with E-state index in [1.54, 1.807) is 0 Å². The van der Waals surface area contributed by atoms with Gasteiger partial charge in [-0.2, -0.15) is 0 Å². The maximum absolute atomic E-state index is 3.29. The molecule has 0 fully saturated rings. The van der Waals surface area contributed by atoms with Crippen LogP contribution in [-0.2, 0) is 0 Å². The normalized spacial score (nSPS) is 29.4. The van der Waals surface area contributed by atoms with Crippen LogP contribution >= 0.6 is 0 Å². The third-order valence-corrected chi connectivity index (χ3v) is 1.73. The maximum atomic E-state index is 3.29. The third kappa shape index (κ3) is 1.79. The Morgan fingerprint density at radius 2 is 2.20 bits per heavy atom. The summed E-state index contributed by atoms with van der Waals surface area (Å²) in [4.78, 5) is 0. The summed E-state index contributed by atoms with van der Waals surface area (Å²) < 4.78 is 0. The Labute approximate surface area is 62.0 Å². The SMILES string of the molecule is C/C1=C(\C)NC/C=C\NC1. The summed E-state index contributed by atoms with van der Waals surface area (Å²) in [6.45, 7) is 6.12. The first-order valence-corrected chi connectivity index (χ1v) is 3.59. The molecule has 2 N–H and O–H groups in total. The van der Waals surface area contributed by atoms with Gasteiger partial charge in [0, 0.05) is 18.8 Å². The molecule has 0 radical (unpaired) electrons. The van der Waals surface area contributed by atoms with Crippen LogP contribution in [0.2, 0.25) is 0 Å². The zero-order valence-electron chi connectivity index (χ0n) is 6.57. The molecule has 1 heterocycles. The summed E-state index contributed by atoms with van der Waals surface area (Å²) in [6, 6.07) is 0. The van der Waals surface area contributed by atoms with Crippen molar-refractivity contribution in [1.29, 1.82) is 0 Å². The van der Waals surface area contributed by atoms with Gasteiger partial charge in [0.2, 0.25) is 0 Å². The highest BCUT2D eigenvalue weighted by atomic mass is 14.9. The Morgan fingerprint density at radius 3 is 3.00 bits per heavy atom. The summed E-state index contributed by atoms with van der Waals surface area (Å²) in [7, 11) is 0. The first-order chi connectivity index (χ1) is 4.80. The van der Waals surface area contributed by atoms with Gasteiger partial charge in [-0.05, 0) is 31.7 Å². The molecule has 10 heavy (non-hydrogen) atoms. The average Bonchev–Trinajstić information content (AvgIpc) is 1.92. The van der Waals surface area contributed by atoms with Gasteiger partial charge >= 0.3 is 0 Å². The largest absolute Gasteiger partial charge is 0.387 e. The van der Waals surface area contributed by atoms with Crippen LogP contribution in [-0.4, -0.2) is 13.1 Å². The van der Waals surface area contributed by atoms with Crippen LogP contribution in [0.15, 0.2) is 23.5 Å². The molecule has 0 aromatic rings. The fourth-order valence-electron chi connectivity index (χ4n) is 0.850. The monoisotopic (exact) mass is 138 g/mol. The highest BCUT2D eigenvalue weighted by molar-refractivity contribution is 5.12. The lowest BCUT2D eigenvalue weighted by Crippen LogP contribution is -2.20. The van der Waals surface area contributed by atoms with Crippen molar-refractivity contribution < 1.29 is 0 Å². The zero-order chi connectivity index (χ0) is 7.40. The van der Waals surface area contributed by atoms with Crippen molar-refractivity contribution >= 4 is 0 Å². The van der Waals surface area contributed by atoms with Crippen molar-refractivity contribution in [3.05, 3.63) is 23.5 Å². The van der Waals surface area contributed by atoms with Gasteiger partial charge in [0.25, 0.3) is 0 Å². The molecule has 1 rings (SSSR count). The zero-order valence-corrected chi connectivity index (χ0v) is 6.57. The van der Waals surface area contributed by atoms with Crippen LogP contribution in [0.1, 0.15) is 13.8 Å². The van der Waals surface area contributed by atoms with Gasteiger partial charge in [0.1, 0.15) is 0 Å². The van der Waals surface area contributed by atoms with E-state index in [0.717, 1.165) is 13.1 Å². The van der Waals surface area contributed by atoms with Gasteiger partial charge in [-0.1, -0.05) is 0 Å². The van der Waals surface area contributed by atoms with E-state index in [2.05, 4.69) is 30.6 Å². The number of hydrogen-bond acceptors (Lipinski definition) is 2. The molecule has 0 saturated heterocycles. The van der Waals surface area contributed by atoms with Gasteiger partial charge in [-0.3, -0.25) is 0 Å². The van der Waals surface area contributed by atoms with Gasteiger partial charge in [-0.25, -0.2) is 0 Å². The molecule has 0 bridgehead atoms. The molecule has 56 valence electrons. The first-order valence-electron chi connectivity index (χ1n) is 3.59. The second-order valence-electron chi connectivity index (χ2n) is 2.57. The predicted octanol–water partition coefficient (Wildman–Crippen LogP) is 0.987. The molecule has 1 aliphatic rings. The third-order valence-electron chi connectivity index (χ3n) is 1.73. The van der Waals surface area contributed by atoms with Gasteiger partial charge < -0.3 is 10.6 Å². The molecule has 1 aliphatic heterocycles. The molecule has 0 saturated carbocycles. The molecular weight excluding hydrogens is 124 g/mol. The molecule has 2 nitrogen and oxygen atoms in total. The Bertz CT molecular complexity index is 150. The fourth-order valence-corrected chi connectivity index (χ4v) is 0.850. The number of hydrogen-bond donors (Lipinski definition) is 2. The molecule has 0 aromatic carbocycles. The van der Waals surface area contributed by atoms with Crippen LogP contribution in [0.4, 0.5) is 0 Å². The minimum absolute atomic E-state index is 0.927. The van der Waals surface area contributed by atoms with Crippen molar-refractivity contribution in [2.75, 3.05) is 13.1 Å². The molecular formula is C8H14N2. The molecule has 0 amide bonds. The van der Waals surface area contributed by atoms with Crippen LogP contribution in [0, 0.1) is 0 Å². The van der Waals surface area contributed by atoms with E-state index in [9.17, 15) is 0 Å². The van der Waals surface area contributed by atoms with Gasteiger partial charge in [0.05, 0.1) is 0 Å². The van der Waals surface area contributed by atoms with Crippen LogP contribution < -0.4 is 10.6 Å². The van der Waals surface area contributed by atoms with Crippen LogP contribution in [0.25, 0.3) is 0 Å². The van der Waals surface area contributed by atoms with Crippen molar-refractivity contribution in [2.45, 2.75) is 13.8 Å². The van der Waals surface area contributed by atoms with E-state index in [1.807, 2.05) is 6.20 Å². The van der Waals surface area contributed by atoms with Crippen LogP contribution in [0.5, 0.6) is 0 Å². The molecule has 0 unspecified atom stereocenters. The highest BCUT2D eigenvalue weighted by Gasteiger charge is 1.95. The molecule has 0 aromatic heterocycles. The van der Waals surface area contributed by atoms with Crippen molar-refractivity contribution in [2.24, 2.45) is 0 Å². The average molecular weight is 138 g/mol. The lowest BCUT2D eigenvalue weighted by atomic mass is 10.2. The Kier molecular flexibility index (Phi) is 2.37. The Hall–Kier alpha value is -0.920. The minimum atomic E-state index is 0.927. The van der Waals surface area contributed by atoms with Gasteiger partial charge in [-0.15, -0.1) is 0 Å². The quantitative estimate of drug-likeness (QED) is 0.521. The lowest BCUT2D eigenvalue weighted by Gasteiger charge is -2.12. The van der Waals surface area contributed by atoms with Crippen molar-refractivity contribution in [3.63, 3.8) is 0 Å². The number of allylic oxidation sites excluding steroid dienone is 1. The fraction of sp³-hybridized carbons (Fsp3) is 0.500. The molecule has 0 atom stereocenters. The second-order valence-corrected chi connectivity index (χ2v) is 2.57. The predicted molar refractivity (Wildman–Crippen MR) is 43.5 cm³/mol. The summed E-state index contributed by atoms with van der Waals surface area (Å²) >= 11 is 0.